The lowest BCUT2D eigenvalue weighted by Gasteiger charge is -2.19. The van der Waals surface area contributed by atoms with Gasteiger partial charge in [0.2, 0.25) is 5.91 Å². The minimum atomic E-state index is -0.903. The number of hydrogen-bond donors (Lipinski definition) is 2. The van der Waals surface area contributed by atoms with Crippen LogP contribution in [0.3, 0.4) is 0 Å². The molecule has 2 unspecified atom stereocenters. The van der Waals surface area contributed by atoms with Crippen molar-refractivity contribution >= 4 is 23.8 Å². The first kappa shape index (κ1) is 14.4. The van der Waals surface area contributed by atoms with Crippen LogP contribution in [-0.2, 0) is 4.79 Å². The van der Waals surface area contributed by atoms with Gasteiger partial charge in [-0.25, -0.2) is 9.59 Å². The molecule has 3 heterocycles. The van der Waals surface area contributed by atoms with Crippen LogP contribution in [0.15, 0.2) is 12.3 Å². The summed E-state index contributed by atoms with van der Waals surface area (Å²) in [5.41, 5.74) is 0. The van der Waals surface area contributed by atoms with Gasteiger partial charge in [-0.15, -0.1) is 5.10 Å². The van der Waals surface area contributed by atoms with E-state index in [4.69, 9.17) is 5.11 Å². The molecule has 2 aliphatic rings. The van der Waals surface area contributed by atoms with Crippen LogP contribution in [-0.4, -0.2) is 68.9 Å². The average molecular weight is 307 g/mol. The zero-order valence-electron chi connectivity index (χ0n) is 12.1. The molecule has 22 heavy (non-hydrogen) atoms. The zero-order valence-corrected chi connectivity index (χ0v) is 12.1. The van der Waals surface area contributed by atoms with Crippen LogP contribution < -0.4 is 5.32 Å². The van der Waals surface area contributed by atoms with Crippen LogP contribution in [0.5, 0.6) is 0 Å². The second-order valence-corrected chi connectivity index (χ2v) is 5.72. The Morgan fingerprint density at radius 3 is 2.32 bits per heavy atom. The first-order valence-electron chi connectivity index (χ1n) is 7.04. The number of carbonyl (C=O) groups is 3. The minimum Gasteiger partial charge on any atom is -0.465 e. The molecule has 2 atom stereocenters. The third-order valence-electron chi connectivity index (χ3n) is 4.12. The third kappa shape index (κ3) is 2.61. The Labute approximate surface area is 126 Å². The van der Waals surface area contributed by atoms with Crippen LogP contribution >= 0.6 is 0 Å². The fourth-order valence-corrected chi connectivity index (χ4v) is 3.13. The summed E-state index contributed by atoms with van der Waals surface area (Å²) >= 11 is 0. The highest BCUT2D eigenvalue weighted by atomic mass is 16.4. The number of carboxylic acid groups (broad SMARTS) is 1. The van der Waals surface area contributed by atoms with E-state index in [1.165, 1.54) is 22.7 Å². The molecule has 2 aliphatic heterocycles. The van der Waals surface area contributed by atoms with Crippen molar-refractivity contribution in [3.05, 3.63) is 12.3 Å². The first-order chi connectivity index (χ1) is 10.4. The molecule has 0 spiro atoms. The Morgan fingerprint density at radius 1 is 1.18 bits per heavy atom. The van der Waals surface area contributed by atoms with Gasteiger partial charge in [-0.1, -0.05) is 0 Å². The van der Waals surface area contributed by atoms with E-state index in [1.807, 2.05) is 0 Å². The van der Waals surface area contributed by atoms with Gasteiger partial charge in [0.25, 0.3) is 0 Å². The molecule has 3 rings (SSSR count). The highest BCUT2D eigenvalue weighted by molar-refractivity contribution is 5.88. The molecule has 2 N–H and O–H groups in total. The second kappa shape index (κ2) is 5.32. The molecule has 0 bridgehead atoms. The highest BCUT2D eigenvalue weighted by Crippen LogP contribution is 2.31. The van der Waals surface area contributed by atoms with E-state index < -0.39 is 6.09 Å². The van der Waals surface area contributed by atoms with Crippen molar-refractivity contribution in [2.45, 2.75) is 6.92 Å². The minimum absolute atomic E-state index is 0.186. The topological polar surface area (TPSA) is 108 Å². The van der Waals surface area contributed by atoms with Crippen molar-refractivity contribution in [1.29, 1.82) is 0 Å². The van der Waals surface area contributed by atoms with Gasteiger partial charge in [-0.05, 0) is 0 Å². The maximum atomic E-state index is 12.4. The van der Waals surface area contributed by atoms with E-state index in [0.29, 0.717) is 32.0 Å². The summed E-state index contributed by atoms with van der Waals surface area (Å²) < 4.78 is 1.20. The molecule has 118 valence electrons. The van der Waals surface area contributed by atoms with E-state index in [2.05, 4.69) is 10.4 Å². The first-order valence-corrected chi connectivity index (χ1v) is 7.04. The van der Waals surface area contributed by atoms with E-state index >= 15 is 0 Å². The SMILES string of the molecule is CC(=O)Nc1ccn(C(=O)N2CC3CN(C(=O)O)CC3C2)n1. The largest absolute Gasteiger partial charge is 0.465 e. The van der Waals surface area contributed by atoms with Crippen molar-refractivity contribution in [3.8, 4) is 0 Å². The number of nitrogens with zero attached hydrogens (tertiary/aromatic N) is 4. The Hall–Kier alpha value is -2.58. The van der Waals surface area contributed by atoms with Gasteiger partial charge in [-0.3, -0.25) is 4.79 Å². The van der Waals surface area contributed by atoms with Crippen LogP contribution in [0.1, 0.15) is 6.92 Å². The standard InChI is InChI=1S/C13H17N5O4/c1-8(19)14-11-2-3-18(15-11)12(20)16-4-9-6-17(13(21)22)7-10(9)5-16/h2-3,9-10H,4-7H2,1H3,(H,21,22)(H,14,15,19). The summed E-state index contributed by atoms with van der Waals surface area (Å²) in [4.78, 5) is 37.4. The highest BCUT2D eigenvalue weighted by Gasteiger charge is 2.43. The maximum absolute atomic E-state index is 12.4. The number of hydrogen-bond acceptors (Lipinski definition) is 4. The summed E-state index contributed by atoms with van der Waals surface area (Å²) in [7, 11) is 0. The summed E-state index contributed by atoms with van der Waals surface area (Å²) in [6.07, 6.45) is 0.602. The molecular formula is C13H17N5O4. The van der Waals surface area contributed by atoms with Gasteiger partial charge in [0.05, 0.1) is 0 Å². The Kier molecular flexibility index (Phi) is 3.47. The summed E-state index contributed by atoms with van der Waals surface area (Å²) in [5.74, 6) is 0.454. The third-order valence-corrected chi connectivity index (χ3v) is 4.12. The maximum Gasteiger partial charge on any atom is 0.407 e. The molecule has 0 radical (unpaired) electrons. The van der Waals surface area contributed by atoms with E-state index in [9.17, 15) is 14.4 Å². The van der Waals surface area contributed by atoms with E-state index in [1.54, 1.807) is 11.0 Å². The van der Waals surface area contributed by atoms with Crippen molar-refractivity contribution in [1.82, 2.24) is 19.6 Å². The Balaban J connectivity index is 1.62. The van der Waals surface area contributed by atoms with Crippen LogP contribution in [0, 0.1) is 11.8 Å². The molecule has 0 aliphatic carbocycles. The number of amides is 3. The number of likely N-dealkylation sites (tertiary alicyclic amines) is 2. The summed E-state index contributed by atoms with van der Waals surface area (Å²) in [5, 5.41) is 15.5. The van der Waals surface area contributed by atoms with Gasteiger partial charge in [0, 0.05) is 57.2 Å². The van der Waals surface area contributed by atoms with Crippen LogP contribution in [0.2, 0.25) is 0 Å². The van der Waals surface area contributed by atoms with Crippen molar-refractivity contribution in [2.75, 3.05) is 31.5 Å². The van der Waals surface area contributed by atoms with Gasteiger partial charge < -0.3 is 20.2 Å². The number of carbonyl (C=O) groups excluding carboxylic acids is 2. The number of nitrogens with one attached hydrogen (secondary N) is 1. The van der Waals surface area contributed by atoms with Crippen LogP contribution in [0.4, 0.5) is 15.4 Å². The number of fused-ring (bicyclic) bond motifs is 1. The second-order valence-electron chi connectivity index (χ2n) is 5.72. The lowest BCUT2D eigenvalue weighted by molar-refractivity contribution is -0.114. The molecule has 3 amide bonds. The molecule has 2 saturated heterocycles. The average Bonchev–Trinajstić information content (AvgIpc) is 3.09. The summed E-state index contributed by atoms with van der Waals surface area (Å²) in [6, 6.07) is 1.30. The van der Waals surface area contributed by atoms with Crippen LogP contribution in [0.25, 0.3) is 0 Å². The smallest absolute Gasteiger partial charge is 0.407 e. The molecule has 1 aromatic rings. The zero-order chi connectivity index (χ0) is 15.9. The normalized spacial score (nSPS) is 23.5. The van der Waals surface area contributed by atoms with Crippen molar-refractivity contribution in [2.24, 2.45) is 11.8 Å². The predicted octanol–water partition coefficient (Wildman–Crippen LogP) is 0.351. The molecule has 1 aromatic heterocycles. The number of aromatic nitrogens is 2. The monoisotopic (exact) mass is 307 g/mol. The molecule has 0 saturated carbocycles. The predicted molar refractivity (Wildman–Crippen MR) is 75.5 cm³/mol. The number of anilines is 1. The van der Waals surface area contributed by atoms with Gasteiger partial charge in [0.15, 0.2) is 5.82 Å². The molecule has 9 nitrogen and oxygen atoms in total. The van der Waals surface area contributed by atoms with Gasteiger partial charge in [0.1, 0.15) is 0 Å². The van der Waals surface area contributed by atoms with Crippen molar-refractivity contribution < 1.29 is 19.5 Å². The quantitative estimate of drug-likeness (QED) is 0.778. The summed E-state index contributed by atoms with van der Waals surface area (Å²) in [6.45, 7) is 3.38. The molecule has 9 heteroatoms. The Morgan fingerprint density at radius 2 is 1.77 bits per heavy atom. The lowest BCUT2D eigenvalue weighted by atomic mass is 10.0. The van der Waals surface area contributed by atoms with E-state index in [-0.39, 0.29) is 23.8 Å². The van der Waals surface area contributed by atoms with Gasteiger partial charge in [-0.2, -0.15) is 4.68 Å². The molecular weight excluding hydrogens is 290 g/mol. The molecule has 2 fully saturated rings. The van der Waals surface area contributed by atoms with Gasteiger partial charge >= 0.3 is 12.1 Å². The number of rotatable bonds is 1. The Bertz CT molecular complexity index is 614. The van der Waals surface area contributed by atoms with E-state index in [0.717, 1.165) is 0 Å². The lowest BCUT2D eigenvalue weighted by Crippen LogP contribution is -2.37. The molecule has 0 aromatic carbocycles. The fourth-order valence-electron chi connectivity index (χ4n) is 3.13. The fraction of sp³-hybridized carbons (Fsp3) is 0.538. The van der Waals surface area contributed by atoms with Crippen molar-refractivity contribution in [3.63, 3.8) is 0 Å².